The van der Waals surface area contributed by atoms with E-state index in [1.54, 1.807) is 0 Å². The number of carbonyl (C=O) groups excluding carboxylic acids is 1. The minimum absolute atomic E-state index is 0.00719. The number of amides is 1. The molecule has 29 heavy (non-hydrogen) atoms. The zero-order valence-electron chi connectivity index (χ0n) is 16.5. The Morgan fingerprint density at radius 3 is 2.38 bits per heavy atom. The molecule has 6 nitrogen and oxygen atoms in total. The van der Waals surface area contributed by atoms with Crippen molar-refractivity contribution in [2.75, 3.05) is 32.6 Å². The lowest BCUT2D eigenvalue weighted by Gasteiger charge is -2.36. The molecule has 0 aliphatic carbocycles. The second kappa shape index (κ2) is 9.90. The molecule has 1 aromatic rings. The minimum Gasteiger partial charge on any atom is -0.384 e. The molecular formula is C19H27F3N2O4S. The van der Waals surface area contributed by atoms with Crippen LogP contribution < -0.4 is 5.73 Å². The lowest BCUT2D eigenvalue weighted by molar-refractivity contribution is -0.131. The number of hydrogen-bond donors (Lipinski definition) is 1. The first kappa shape index (κ1) is 23.6. The molecule has 10 heteroatoms. The maximum absolute atomic E-state index is 13.8. The number of ether oxygens (including phenoxy) is 1. The number of piperidine rings is 1. The van der Waals surface area contributed by atoms with Crippen LogP contribution in [-0.4, -0.2) is 63.1 Å². The van der Waals surface area contributed by atoms with Crippen LogP contribution in [-0.2, 0) is 25.8 Å². The smallest absolute Gasteiger partial charge is 0.240 e. The molecule has 1 fully saturated rings. The van der Waals surface area contributed by atoms with Gasteiger partial charge in [-0.1, -0.05) is 0 Å². The first-order chi connectivity index (χ1) is 13.6. The molecule has 2 N–H and O–H groups in total. The van der Waals surface area contributed by atoms with Crippen molar-refractivity contribution in [3.63, 3.8) is 0 Å². The molecule has 0 aromatic heterocycles. The summed E-state index contributed by atoms with van der Waals surface area (Å²) in [6, 6.07) is 0.828. The summed E-state index contributed by atoms with van der Waals surface area (Å²) in [6.07, 6.45) is 1.08. The van der Waals surface area contributed by atoms with Crippen molar-refractivity contribution in [2.24, 2.45) is 11.7 Å². The molecule has 1 aromatic carbocycles. The molecule has 0 radical (unpaired) electrons. The quantitative estimate of drug-likeness (QED) is 0.626. The predicted molar refractivity (Wildman–Crippen MR) is 102 cm³/mol. The highest BCUT2D eigenvalue weighted by molar-refractivity contribution is 7.92. The average molecular weight is 436 g/mol. The van der Waals surface area contributed by atoms with Gasteiger partial charge in [0, 0.05) is 32.3 Å². The highest BCUT2D eigenvalue weighted by Crippen LogP contribution is 2.24. The summed E-state index contributed by atoms with van der Waals surface area (Å²) in [7, 11) is -2.21. The SMILES string of the molecule is COCCS(=O)(=O)C(C)C(=O)N1CCC([C@H](N)Cc2cc(F)c(F)cc2F)CC1. The maximum Gasteiger partial charge on any atom is 0.240 e. The van der Waals surface area contributed by atoms with Gasteiger partial charge in [-0.15, -0.1) is 0 Å². The lowest BCUT2D eigenvalue weighted by Crippen LogP contribution is -2.48. The van der Waals surface area contributed by atoms with Gasteiger partial charge in [-0.25, -0.2) is 21.6 Å². The van der Waals surface area contributed by atoms with Crippen molar-refractivity contribution in [3.8, 4) is 0 Å². The monoisotopic (exact) mass is 436 g/mol. The Morgan fingerprint density at radius 1 is 1.21 bits per heavy atom. The molecule has 0 spiro atoms. The van der Waals surface area contributed by atoms with Gasteiger partial charge in [0.1, 0.15) is 11.1 Å². The van der Waals surface area contributed by atoms with Crippen LogP contribution in [0.4, 0.5) is 13.2 Å². The number of rotatable bonds is 8. The Balaban J connectivity index is 1.93. The number of nitrogens with two attached hydrogens (primary N) is 1. The fraction of sp³-hybridized carbons (Fsp3) is 0.632. The van der Waals surface area contributed by atoms with Gasteiger partial charge in [-0.05, 0) is 43.7 Å². The summed E-state index contributed by atoms with van der Waals surface area (Å²) in [5.74, 6) is -3.95. The summed E-state index contributed by atoms with van der Waals surface area (Å²) in [4.78, 5) is 14.0. The van der Waals surface area contributed by atoms with Gasteiger partial charge in [0.15, 0.2) is 21.5 Å². The fourth-order valence-electron chi connectivity index (χ4n) is 3.48. The molecule has 1 unspecified atom stereocenters. The van der Waals surface area contributed by atoms with E-state index in [2.05, 4.69) is 0 Å². The van der Waals surface area contributed by atoms with Crippen LogP contribution in [0.5, 0.6) is 0 Å². The first-order valence-electron chi connectivity index (χ1n) is 9.45. The van der Waals surface area contributed by atoms with E-state index in [1.807, 2.05) is 0 Å². The average Bonchev–Trinajstić information content (AvgIpc) is 2.69. The second-order valence-electron chi connectivity index (χ2n) is 7.39. The minimum atomic E-state index is -3.60. The molecule has 1 heterocycles. The van der Waals surface area contributed by atoms with E-state index in [-0.39, 0.29) is 30.3 Å². The van der Waals surface area contributed by atoms with Crippen molar-refractivity contribution in [1.29, 1.82) is 0 Å². The lowest BCUT2D eigenvalue weighted by atomic mass is 9.86. The van der Waals surface area contributed by atoms with Gasteiger partial charge in [-0.3, -0.25) is 4.79 Å². The number of likely N-dealkylation sites (tertiary alicyclic amines) is 1. The van der Waals surface area contributed by atoms with Gasteiger partial charge < -0.3 is 15.4 Å². The number of halogens is 3. The Hall–Kier alpha value is -1.65. The molecule has 1 saturated heterocycles. The predicted octanol–water partition coefficient (Wildman–Crippen LogP) is 1.66. The number of sulfone groups is 1. The Bertz CT molecular complexity index is 827. The number of carbonyl (C=O) groups is 1. The molecule has 2 atom stereocenters. The van der Waals surface area contributed by atoms with Crippen molar-refractivity contribution in [3.05, 3.63) is 35.1 Å². The van der Waals surface area contributed by atoms with Crippen molar-refractivity contribution in [1.82, 2.24) is 4.90 Å². The topological polar surface area (TPSA) is 89.7 Å². The van der Waals surface area contributed by atoms with Gasteiger partial charge in [-0.2, -0.15) is 0 Å². The summed E-state index contributed by atoms with van der Waals surface area (Å²) in [5.41, 5.74) is 6.15. The van der Waals surface area contributed by atoms with Gasteiger partial charge in [0.05, 0.1) is 12.4 Å². The zero-order valence-corrected chi connectivity index (χ0v) is 17.4. The third-order valence-electron chi connectivity index (χ3n) is 5.46. The highest BCUT2D eigenvalue weighted by atomic mass is 32.2. The molecule has 2 rings (SSSR count). The van der Waals surface area contributed by atoms with Crippen molar-refractivity contribution >= 4 is 15.7 Å². The third kappa shape index (κ3) is 5.93. The Labute approximate surface area is 169 Å². The Morgan fingerprint density at radius 2 is 1.79 bits per heavy atom. The van der Waals surface area contributed by atoms with Gasteiger partial charge in [0.2, 0.25) is 5.91 Å². The van der Waals surface area contributed by atoms with Crippen LogP contribution >= 0.6 is 0 Å². The third-order valence-corrected chi connectivity index (χ3v) is 7.47. The molecular weight excluding hydrogens is 409 g/mol. The van der Waals surface area contributed by atoms with Crippen LogP contribution in [0.2, 0.25) is 0 Å². The largest absolute Gasteiger partial charge is 0.384 e. The van der Waals surface area contributed by atoms with Crippen LogP contribution in [0.3, 0.4) is 0 Å². The Kier molecular flexibility index (Phi) is 8.07. The van der Waals surface area contributed by atoms with Crippen LogP contribution in [0.1, 0.15) is 25.3 Å². The van der Waals surface area contributed by atoms with E-state index >= 15 is 0 Å². The number of methoxy groups -OCH3 is 1. The normalized spacial score (nSPS) is 17.9. The van der Waals surface area contributed by atoms with Crippen LogP contribution in [0.15, 0.2) is 12.1 Å². The van der Waals surface area contributed by atoms with E-state index in [9.17, 15) is 26.4 Å². The van der Waals surface area contributed by atoms with E-state index in [0.29, 0.717) is 32.0 Å². The number of benzene rings is 1. The summed E-state index contributed by atoms with van der Waals surface area (Å²) < 4.78 is 69.4. The van der Waals surface area contributed by atoms with E-state index in [0.717, 1.165) is 6.07 Å². The van der Waals surface area contributed by atoms with E-state index < -0.39 is 44.5 Å². The van der Waals surface area contributed by atoms with Gasteiger partial charge >= 0.3 is 0 Å². The molecule has 0 saturated carbocycles. The maximum atomic E-state index is 13.8. The summed E-state index contributed by atoms with van der Waals surface area (Å²) >= 11 is 0. The fourth-order valence-corrected chi connectivity index (χ4v) is 4.68. The van der Waals surface area contributed by atoms with E-state index in [4.69, 9.17) is 10.5 Å². The standard InChI is InChI=1S/C19H27F3N2O4S/c1-12(29(26,27)8-7-28-2)19(25)24-5-3-13(4-6-24)18(23)10-14-9-16(21)17(22)11-15(14)20/h9,11-13,18H,3-8,10,23H2,1-2H3/t12?,18-/m1/s1. The number of nitrogens with zero attached hydrogens (tertiary/aromatic N) is 1. The molecule has 1 amide bonds. The number of hydrogen-bond acceptors (Lipinski definition) is 5. The van der Waals surface area contributed by atoms with E-state index in [1.165, 1.54) is 18.9 Å². The second-order valence-corrected chi connectivity index (χ2v) is 9.83. The van der Waals surface area contributed by atoms with Crippen molar-refractivity contribution < 1.29 is 31.1 Å². The molecule has 1 aliphatic heterocycles. The first-order valence-corrected chi connectivity index (χ1v) is 11.2. The van der Waals surface area contributed by atoms with Crippen LogP contribution in [0, 0.1) is 23.4 Å². The van der Waals surface area contributed by atoms with Crippen LogP contribution in [0.25, 0.3) is 0 Å². The molecule has 1 aliphatic rings. The van der Waals surface area contributed by atoms with Gasteiger partial charge in [0.25, 0.3) is 0 Å². The van der Waals surface area contributed by atoms with Crippen molar-refractivity contribution in [2.45, 2.75) is 37.5 Å². The summed E-state index contributed by atoms with van der Waals surface area (Å²) in [5, 5.41) is -1.15. The summed E-state index contributed by atoms with van der Waals surface area (Å²) in [6.45, 7) is 2.07. The highest BCUT2D eigenvalue weighted by Gasteiger charge is 2.34. The zero-order chi connectivity index (χ0) is 21.8. The molecule has 164 valence electrons. The molecule has 0 bridgehead atoms.